The lowest BCUT2D eigenvalue weighted by molar-refractivity contribution is 0.0691. The molecule has 5 rings (SSSR count). The van der Waals surface area contributed by atoms with Crippen LogP contribution in [0.3, 0.4) is 0 Å². The molecule has 5 aromatic rings. The van der Waals surface area contributed by atoms with Crippen molar-refractivity contribution in [2.45, 2.75) is 6.42 Å². The van der Waals surface area contributed by atoms with Crippen LogP contribution in [0.25, 0.3) is 33.1 Å². The highest BCUT2D eigenvalue weighted by atomic mass is 16.4. The average molecular weight is 368 g/mol. The molecule has 28 heavy (non-hydrogen) atoms. The number of nitrogens with zero attached hydrogens (tertiary/aromatic N) is 2. The summed E-state index contributed by atoms with van der Waals surface area (Å²) >= 11 is 0. The predicted molar refractivity (Wildman–Crippen MR) is 107 cm³/mol. The van der Waals surface area contributed by atoms with E-state index in [0.717, 1.165) is 45.0 Å². The Bertz CT molecular complexity index is 1330. The molecule has 0 unspecified atom stereocenters. The number of aromatic carboxylic acids is 1. The number of carboxylic acids is 1. The highest BCUT2D eigenvalue weighted by molar-refractivity contribution is 5.95. The molecule has 0 fully saturated rings. The number of aromatic nitrogens is 4. The van der Waals surface area contributed by atoms with E-state index in [0.29, 0.717) is 0 Å². The Hall–Kier alpha value is -3.93. The summed E-state index contributed by atoms with van der Waals surface area (Å²) in [6.45, 7) is 0. The summed E-state index contributed by atoms with van der Waals surface area (Å²) < 4.78 is 0. The van der Waals surface area contributed by atoms with Crippen molar-refractivity contribution in [1.82, 2.24) is 20.2 Å². The third kappa shape index (κ3) is 2.91. The molecule has 0 aliphatic rings. The van der Waals surface area contributed by atoms with Gasteiger partial charge in [0.05, 0.1) is 17.4 Å². The number of benzene rings is 2. The van der Waals surface area contributed by atoms with Gasteiger partial charge in [0.15, 0.2) is 0 Å². The number of carboxylic acid groups (broad SMARTS) is 1. The van der Waals surface area contributed by atoms with Crippen molar-refractivity contribution < 1.29 is 9.90 Å². The molecule has 0 amide bonds. The van der Waals surface area contributed by atoms with Crippen LogP contribution >= 0.6 is 0 Å². The zero-order chi connectivity index (χ0) is 19.1. The topological polar surface area (TPSA) is 94.7 Å². The van der Waals surface area contributed by atoms with E-state index in [2.05, 4.69) is 38.4 Å². The van der Waals surface area contributed by atoms with Crippen LogP contribution < -0.4 is 0 Å². The summed E-state index contributed by atoms with van der Waals surface area (Å²) in [5, 5.41) is 18.1. The molecule has 0 spiro atoms. The van der Waals surface area contributed by atoms with E-state index in [1.165, 1.54) is 5.56 Å². The summed E-state index contributed by atoms with van der Waals surface area (Å²) in [6.07, 6.45) is 4.44. The Labute approximate surface area is 159 Å². The summed E-state index contributed by atoms with van der Waals surface area (Å²) in [5.74, 6) is -0.965. The highest BCUT2D eigenvalue weighted by Crippen LogP contribution is 2.25. The largest absolute Gasteiger partial charge is 0.477 e. The Morgan fingerprint density at radius 3 is 2.68 bits per heavy atom. The second-order valence-electron chi connectivity index (χ2n) is 6.81. The molecular formula is C22H16N4O2. The van der Waals surface area contributed by atoms with E-state index in [1.54, 1.807) is 6.07 Å². The minimum Gasteiger partial charge on any atom is -0.477 e. The number of rotatable bonds is 4. The third-order valence-electron chi connectivity index (χ3n) is 4.88. The molecule has 3 N–H and O–H groups in total. The summed E-state index contributed by atoms with van der Waals surface area (Å²) in [7, 11) is 0. The van der Waals surface area contributed by atoms with E-state index in [1.807, 2.05) is 42.7 Å². The third-order valence-corrected chi connectivity index (χ3v) is 4.88. The van der Waals surface area contributed by atoms with E-state index in [-0.39, 0.29) is 5.69 Å². The highest BCUT2D eigenvalue weighted by Gasteiger charge is 2.09. The van der Waals surface area contributed by atoms with Gasteiger partial charge in [0.1, 0.15) is 5.69 Å². The first kappa shape index (κ1) is 16.3. The van der Waals surface area contributed by atoms with Crippen molar-refractivity contribution in [2.24, 2.45) is 0 Å². The normalized spacial score (nSPS) is 11.3. The van der Waals surface area contributed by atoms with E-state index in [4.69, 9.17) is 5.11 Å². The molecule has 6 heteroatoms. The molecule has 0 aliphatic carbocycles. The molecule has 0 saturated carbocycles. The van der Waals surface area contributed by atoms with Crippen LogP contribution in [-0.4, -0.2) is 31.2 Å². The number of hydrogen-bond donors (Lipinski definition) is 3. The van der Waals surface area contributed by atoms with Gasteiger partial charge in [0, 0.05) is 28.0 Å². The molecular weight excluding hydrogens is 352 g/mol. The maximum absolute atomic E-state index is 11.2. The second kappa shape index (κ2) is 6.35. The lowest BCUT2D eigenvalue weighted by Gasteiger charge is -2.06. The predicted octanol–water partition coefficient (Wildman–Crippen LogP) is 4.40. The smallest absolute Gasteiger partial charge is 0.352 e. The zero-order valence-electron chi connectivity index (χ0n) is 14.8. The van der Waals surface area contributed by atoms with Gasteiger partial charge in [-0.1, -0.05) is 12.1 Å². The minimum absolute atomic E-state index is 0.184. The Morgan fingerprint density at radius 1 is 0.929 bits per heavy atom. The van der Waals surface area contributed by atoms with Crippen molar-refractivity contribution in [1.29, 1.82) is 0 Å². The Kier molecular flexibility index (Phi) is 3.69. The number of hydrogen-bond acceptors (Lipinski definition) is 3. The summed E-state index contributed by atoms with van der Waals surface area (Å²) in [6, 6.07) is 17.8. The fraction of sp³-hybridized carbons (Fsp3) is 0.0455. The maximum Gasteiger partial charge on any atom is 0.352 e. The lowest BCUT2D eigenvalue weighted by Crippen LogP contribution is -1.94. The molecule has 0 radical (unpaired) electrons. The van der Waals surface area contributed by atoms with E-state index >= 15 is 0 Å². The average Bonchev–Trinajstić information content (AvgIpc) is 3.34. The maximum atomic E-state index is 11.2. The van der Waals surface area contributed by atoms with Crippen LogP contribution in [-0.2, 0) is 6.42 Å². The Morgan fingerprint density at radius 2 is 1.79 bits per heavy atom. The molecule has 0 bridgehead atoms. The van der Waals surface area contributed by atoms with Crippen molar-refractivity contribution in [3.05, 3.63) is 83.8 Å². The second-order valence-corrected chi connectivity index (χ2v) is 6.81. The van der Waals surface area contributed by atoms with Gasteiger partial charge in [-0.15, -0.1) is 0 Å². The SMILES string of the molecule is O=C(O)c1cc2cc(-c3cc(Cc4ccc5[nH]ncc5c4)ccn3)ccc2[nH]1. The van der Waals surface area contributed by atoms with Crippen LogP contribution in [0, 0.1) is 0 Å². The molecule has 0 aliphatic heterocycles. The number of fused-ring (bicyclic) bond motifs is 2. The first-order valence-electron chi connectivity index (χ1n) is 8.89. The molecule has 3 aromatic heterocycles. The van der Waals surface area contributed by atoms with E-state index in [9.17, 15) is 4.79 Å². The van der Waals surface area contributed by atoms with Crippen LogP contribution in [0.5, 0.6) is 0 Å². The summed E-state index contributed by atoms with van der Waals surface area (Å²) in [4.78, 5) is 18.6. The van der Waals surface area contributed by atoms with Crippen molar-refractivity contribution in [2.75, 3.05) is 0 Å². The monoisotopic (exact) mass is 368 g/mol. The van der Waals surface area contributed by atoms with Crippen LogP contribution in [0.15, 0.2) is 67.0 Å². The number of H-pyrrole nitrogens is 2. The zero-order valence-corrected chi connectivity index (χ0v) is 14.8. The van der Waals surface area contributed by atoms with Gasteiger partial charge in [-0.3, -0.25) is 10.1 Å². The molecule has 136 valence electrons. The summed E-state index contributed by atoms with van der Waals surface area (Å²) in [5.41, 5.74) is 6.19. The molecule has 2 aromatic carbocycles. The van der Waals surface area contributed by atoms with Crippen LogP contribution in [0.2, 0.25) is 0 Å². The first-order valence-corrected chi connectivity index (χ1v) is 8.89. The number of carbonyl (C=O) groups is 1. The van der Waals surface area contributed by atoms with Gasteiger partial charge in [0.2, 0.25) is 0 Å². The van der Waals surface area contributed by atoms with Crippen LogP contribution in [0.1, 0.15) is 21.6 Å². The van der Waals surface area contributed by atoms with Gasteiger partial charge < -0.3 is 10.1 Å². The van der Waals surface area contributed by atoms with E-state index < -0.39 is 5.97 Å². The van der Waals surface area contributed by atoms with Gasteiger partial charge in [-0.2, -0.15) is 5.10 Å². The lowest BCUT2D eigenvalue weighted by atomic mass is 10.0. The van der Waals surface area contributed by atoms with Crippen molar-refractivity contribution in [3.8, 4) is 11.3 Å². The van der Waals surface area contributed by atoms with Crippen molar-refractivity contribution in [3.63, 3.8) is 0 Å². The van der Waals surface area contributed by atoms with Gasteiger partial charge in [0.25, 0.3) is 0 Å². The standard InChI is InChI=1S/C22H16N4O2/c27-22(28)21-11-16-10-15(2-4-18(16)25-21)20-9-14(5-6-23-20)7-13-1-3-19-17(8-13)12-24-26-19/h1-6,8-12,25H,7H2,(H,24,26)(H,27,28). The molecule has 6 nitrogen and oxygen atoms in total. The fourth-order valence-corrected chi connectivity index (χ4v) is 3.49. The Balaban J connectivity index is 1.47. The number of nitrogens with one attached hydrogen (secondary N) is 2. The minimum atomic E-state index is -0.965. The number of aromatic amines is 2. The molecule has 0 saturated heterocycles. The van der Waals surface area contributed by atoms with Gasteiger partial charge in [-0.05, 0) is 60.0 Å². The quantitative estimate of drug-likeness (QED) is 0.438. The molecule has 0 atom stereocenters. The fourth-order valence-electron chi connectivity index (χ4n) is 3.49. The number of pyridine rings is 1. The van der Waals surface area contributed by atoms with Crippen molar-refractivity contribution >= 4 is 27.8 Å². The van der Waals surface area contributed by atoms with Gasteiger partial charge >= 0.3 is 5.97 Å². The van der Waals surface area contributed by atoms with Crippen LogP contribution in [0.4, 0.5) is 0 Å². The van der Waals surface area contributed by atoms with Gasteiger partial charge in [-0.25, -0.2) is 4.79 Å². The molecule has 3 heterocycles. The first-order chi connectivity index (χ1) is 13.7.